The maximum Gasteiger partial charge on any atom is 0.236 e. The van der Waals surface area contributed by atoms with Gasteiger partial charge in [0, 0.05) is 13.1 Å². The van der Waals surface area contributed by atoms with E-state index in [1.54, 1.807) is 6.92 Å². The minimum Gasteiger partial charge on any atom is -0.409 e. The molecule has 104 valence electrons. The number of carbonyl (C=O) groups excluding carboxylic acids is 1. The van der Waals surface area contributed by atoms with Gasteiger partial charge in [-0.1, -0.05) is 25.4 Å². The molecule has 1 heterocycles. The predicted molar refractivity (Wildman–Crippen MR) is 71.4 cm³/mol. The lowest BCUT2D eigenvalue weighted by atomic mass is 9.83. The van der Waals surface area contributed by atoms with E-state index in [1.807, 2.05) is 11.8 Å². The van der Waals surface area contributed by atoms with Crippen LogP contribution < -0.4 is 5.73 Å². The highest BCUT2D eigenvalue weighted by atomic mass is 16.4. The van der Waals surface area contributed by atoms with Crippen LogP contribution in [-0.2, 0) is 4.79 Å². The summed E-state index contributed by atoms with van der Waals surface area (Å²) in [5.74, 6) is 0.716. The molecule has 0 aromatic carbocycles. The van der Waals surface area contributed by atoms with Crippen LogP contribution in [0.4, 0.5) is 0 Å². The van der Waals surface area contributed by atoms with Crippen molar-refractivity contribution in [2.45, 2.75) is 46.5 Å². The maximum absolute atomic E-state index is 12.5. The first-order chi connectivity index (χ1) is 8.49. The number of rotatable bonds is 4. The Labute approximate surface area is 109 Å². The standard InChI is InChI=1S/C13H25N3O2/c1-4-10-6-8-16(9-7-10)12(17)13(3,5-2)11(14)15-18/h10,18H,4-9H2,1-3H3,(H2,14,15). The van der Waals surface area contributed by atoms with Crippen LogP contribution in [0.1, 0.15) is 46.5 Å². The minimum absolute atomic E-state index is 0.00705. The fraction of sp³-hybridized carbons (Fsp3) is 0.846. The fourth-order valence-corrected chi connectivity index (χ4v) is 2.45. The van der Waals surface area contributed by atoms with Crippen molar-refractivity contribution in [1.29, 1.82) is 0 Å². The number of nitrogens with two attached hydrogens (primary N) is 1. The minimum atomic E-state index is -0.881. The van der Waals surface area contributed by atoms with Crippen LogP contribution in [0, 0.1) is 11.3 Å². The molecule has 1 unspecified atom stereocenters. The molecule has 5 nitrogen and oxygen atoms in total. The average Bonchev–Trinajstić information content (AvgIpc) is 2.44. The van der Waals surface area contributed by atoms with Crippen molar-refractivity contribution >= 4 is 11.7 Å². The zero-order valence-electron chi connectivity index (χ0n) is 11.6. The number of oxime groups is 1. The first-order valence-electron chi connectivity index (χ1n) is 6.76. The van der Waals surface area contributed by atoms with E-state index in [2.05, 4.69) is 12.1 Å². The van der Waals surface area contributed by atoms with Crippen LogP contribution in [0.2, 0.25) is 0 Å². The Balaban J connectivity index is 2.75. The molecule has 1 fully saturated rings. The van der Waals surface area contributed by atoms with Gasteiger partial charge in [0.05, 0.1) is 0 Å². The Morgan fingerprint density at radius 2 is 2.00 bits per heavy atom. The van der Waals surface area contributed by atoms with E-state index in [-0.39, 0.29) is 11.7 Å². The van der Waals surface area contributed by atoms with Crippen LogP contribution in [0.15, 0.2) is 5.16 Å². The molecular weight excluding hydrogens is 230 g/mol. The molecule has 0 aromatic rings. The molecule has 1 rings (SSSR count). The summed E-state index contributed by atoms with van der Waals surface area (Å²) in [6.45, 7) is 7.39. The van der Waals surface area contributed by atoms with E-state index < -0.39 is 5.41 Å². The van der Waals surface area contributed by atoms with Crippen LogP contribution in [0.25, 0.3) is 0 Å². The number of amidine groups is 1. The topological polar surface area (TPSA) is 78.9 Å². The summed E-state index contributed by atoms with van der Waals surface area (Å²) in [5, 5.41) is 11.8. The van der Waals surface area contributed by atoms with Crippen molar-refractivity contribution in [3.8, 4) is 0 Å². The normalized spacial score (nSPS) is 21.7. The zero-order valence-corrected chi connectivity index (χ0v) is 11.6. The molecule has 1 amide bonds. The Morgan fingerprint density at radius 3 is 2.39 bits per heavy atom. The molecular formula is C13H25N3O2. The van der Waals surface area contributed by atoms with Gasteiger partial charge >= 0.3 is 0 Å². The lowest BCUT2D eigenvalue weighted by molar-refractivity contribution is -0.139. The Bertz CT molecular complexity index is 322. The van der Waals surface area contributed by atoms with Crippen LogP contribution in [-0.4, -0.2) is 34.9 Å². The van der Waals surface area contributed by atoms with E-state index in [1.165, 1.54) is 6.42 Å². The van der Waals surface area contributed by atoms with Crippen molar-refractivity contribution in [1.82, 2.24) is 4.90 Å². The Hall–Kier alpha value is -1.26. The third-order valence-corrected chi connectivity index (χ3v) is 4.33. The molecule has 1 atom stereocenters. The quantitative estimate of drug-likeness (QED) is 0.348. The molecule has 0 aromatic heterocycles. The van der Waals surface area contributed by atoms with Crippen LogP contribution in [0.3, 0.4) is 0 Å². The van der Waals surface area contributed by atoms with E-state index in [4.69, 9.17) is 10.9 Å². The summed E-state index contributed by atoms with van der Waals surface area (Å²) in [5.41, 5.74) is 4.79. The first-order valence-corrected chi connectivity index (χ1v) is 6.76. The second kappa shape index (κ2) is 6.07. The number of hydrogen-bond acceptors (Lipinski definition) is 3. The summed E-state index contributed by atoms with van der Waals surface area (Å²) in [4.78, 5) is 14.4. The fourth-order valence-electron chi connectivity index (χ4n) is 2.45. The Morgan fingerprint density at radius 1 is 1.44 bits per heavy atom. The van der Waals surface area contributed by atoms with Gasteiger partial charge in [-0.25, -0.2) is 0 Å². The van der Waals surface area contributed by atoms with Gasteiger partial charge in [-0.2, -0.15) is 0 Å². The molecule has 0 bridgehead atoms. The second-order valence-electron chi connectivity index (χ2n) is 5.31. The number of likely N-dealkylation sites (tertiary alicyclic amines) is 1. The smallest absolute Gasteiger partial charge is 0.236 e. The molecule has 0 radical (unpaired) electrons. The molecule has 0 aliphatic carbocycles. The highest BCUT2D eigenvalue weighted by Crippen LogP contribution is 2.28. The molecule has 1 aliphatic heterocycles. The predicted octanol–water partition coefficient (Wildman–Crippen LogP) is 1.80. The van der Waals surface area contributed by atoms with E-state index in [9.17, 15) is 4.79 Å². The average molecular weight is 255 g/mol. The molecule has 0 spiro atoms. The van der Waals surface area contributed by atoms with Gasteiger partial charge in [0.25, 0.3) is 0 Å². The molecule has 18 heavy (non-hydrogen) atoms. The molecule has 5 heteroatoms. The largest absolute Gasteiger partial charge is 0.409 e. The van der Waals surface area contributed by atoms with Gasteiger partial charge in [0.15, 0.2) is 5.84 Å². The number of carbonyl (C=O) groups is 1. The Kier molecular flexibility index (Phi) is 4.99. The van der Waals surface area contributed by atoms with Gasteiger partial charge in [-0.3, -0.25) is 4.79 Å². The molecule has 1 aliphatic rings. The zero-order chi connectivity index (χ0) is 13.8. The first kappa shape index (κ1) is 14.8. The number of nitrogens with zero attached hydrogens (tertiary/aromatic N) is 2. The monoisotopic (exact) mass is 255 g/mol. The van der Waals surface area contributed by atoms with Crippen molar-refractivity contribution < 1.29 is 10.0 Å². The summed E-state index contributed by atoms with van der Waals surface area (Å²) in [6, 6.07) is 0. The van der Waals surface area contributed by atoms with Gasteiger partial charge in [-0.15, -0.1) is 0 Å². The number of amides is 1. The summed E-state index contributed by atoms with van der Waals surface area (Å²) < 4.78 is 0. The highest BCUT2D eigenvalue weighted by Gasteiger charge is 2.40. The summed E-state index contributed by atoms with van der Waals surface area (Å²) in [6.07, 6.45) is 3.82. The van der Waals surface area contributed by atoms with E-state index >= 15 is 0 Å². The molecule has 0 saturated carbocycles. The molecule has 3 N–H and O–H groups in total. The van der Waals surface area contributed by atoms with E-state index in [0.717, 1.165) is 31.8 Å². The number of piperidine rings is 1. The maximum atomic E-state index is 12.5. The van der Waals surface area contributed by atoms with Gasteiger partial charge in [-0.05, 0) is 32.1 Å². The van der Waals surface area contributed by atoms with Crippen molar-refractivity contribution in [2.24, 2.45) is 22.2 Å². The van der Waals surface area contributed by atoms with Gasteiger partial charge in [0.1, 0.15) is 5.41 Å². The third-order valence-electron chi connectivity index (χ3n) is 4.33. The van der Waals surface area contributed by atoms with Crippen molar-refractivity contribution in [2.75, 3.05) is 13.1 Å². The van der Waals surface area contributed by atoms with Crippen LogP contribution >= 0.6 is 0 Å². The lowest BCUT2D eigenvalue weighted by Gasteiger charge is -2.37. The van der Waals surface area contributed by atoms with E-state index in [0.29, 0.717) is 6.42 Å². The third kappa shape index (κ3) is 2.76. The van der Waals surface area contributed by atoms with Gasteiger partial charge < -0.3 is 15.8 Å². The van der Waals surface area contributed by atoms with Crippen molar-refractivity contribution in [3.63, 3.8) is 0 Å². The summed E-state index contributed by atoms with van der Waals surface area (Å²) in [7, 11) is 0. The summed E-state index contributed by atoms with van der Waals surface area (Å²) >= 11 is 0. The second-order valence-corrected chi connectivity index (χ2v) is 5.31. The lowest BCUT2D eigenvalue weighted by Crippen LogP contribution is -2.51. The number of hydrogen-bond donors (Lipinski definition) is 2. The van der Waals surface area contributed by atoms with Crippen LogP contribution in [0.5, 0.6) is 0 Å². The van der Waals surface area contributed by atoms with Gasteiger partial charge in [0.2, 0.25) is 5.91 Å². The SMILES string of the molecule is CCC1CCN(C(=O)C(C)(CC)C(N)=NO)CC1. The van der Waals surface area contributed by atoms with Crippen molar-refractivity contribution in [3.05, 3.63) is 0 Å². The highest BCUT2D eigenvalue weighted by molar-refractivity contribution is 6.06. The molecule has 1 saturated heterocycles.